The quantitative estimate of drug-likeness (QED) is 0.762. The lowest BCUT2D eigenvalue weighted by molar-refractivity contribution is 0.131. The van der Waals surface area contributed by atoms with E-state index in [0.717, 1.165) is 15.8 Å². The highest BCUT2D eigenvalue weighted by molar-refractivity contribution is 9.10. The molecule has 0 saturated heterocycles. The third-order valence-corrected chi connectivity index (χ3v) is 2.13. The van der Waals surface area contributed by atoms with Crippen molar-refractivity contribution in [1.82, 2.24) is 0 Å². The second kappa shape index (κ2) is 5.18. The normalized spacial score (nSPS) is 11.4. The molecule has 0 aliphatic rings. The van der Waals surface area contributed by atoms with Crippen LogP contribution < -0.4 is 4.74 Å². The molecule has 0 bridgehead atoms. The Labute approximate surface area is 105 Å². The van der Waals surface area contributed by atoms with Gasteiger partial charge < -0.3 is 4.74 Å². The van der Waals surface area contributed by atoms with E-state index in [2.05, 4.69) is 15.9 Å². The van der Waals surface area contributed by atoms with Crippen molar-refractivity contribution in [1.29, 1.82) is 5.26 Å². The molecular weight excluding hydrogens is 266 g/mol. The molecule has 2 nitrogen and oxygen atoms in total. The molecule has 0 N–H and O–H groups in total. The molecule has 0 atom stereocenters. The summed E-state index contributed by atoms with van der Waals surface area (Å²) in [5, 5.41) is 8.47. The Hall–Kier alpha value is -1.27. The van der Waals surface area contributed by atoms with Gasteiger partial charge in [0.05, 0.1) is 6.07 Å². The van der Waals surface area contributed by atoms with Crippen LogP contribution in [0.15, 0.2) is 28.7 Å². The predicted octanol–water partition coefficient (Wildman–Crippen LogP) is 4.16. The SMILES string of the molecule is CC(C)(C)Oc1cc(Br)cc(/C=C/C#N)c1. The summed E-state index contributed by atoms with van der Waals surface area (Å²) < 4.78 is 6.69. The number of benzene rings is 1. The lowest BCUT2D eigenvalue weighted by atomic mass is 10.1. The zero-order valence-corrected chi connectivity index (χ0v) is 11.2. The van der Waals surface area contributed by atoms with Crippen molar-refractivity contribution in [2.45, 2.75) is 26.4 Å². The van der Waals surface area contributed by atoms with Crippen LogP contribution in [0.25, 0.3) is 6.08 Å². The van der Waals surface area contributed by atoms with Gasteiger partial charge in [0.2, 0.25) is 0 Å². The van der Waals surface area contributed by atoms with Crippen molar-refractivity contribution in [3.05, 3.63) is 34.3 Å². The van der Waals surface area contributed by atoms with E-state index < -0.39 is 0 Å². The van der Waals surface area contributed by atoms with Gasteiger partial charge in [-0.25, -0.2) is 0 Å². The van der Waals surface area contributed by atoms with Crippen LogP contribution in [0, 0.1) is 11.3 Å². The zero-order chi connectivity index (χ0) is 12.2. The maximum Gasteiger partial charge on any atom is 0.121 e. The summed E-state index contributed by atoms with van der Waals surface area (Å²) in [6.45, 7) is 6.00. The van der Waals surface area contributed by atoms with E-state index in [0.29, 0.717) is 0 Å². The van der Waals surface area contributed by atoms with Gasteiger partial charge in [0.15, 0.2) is 0 Å². The van der Waals surface area contributed by atoms with Crippen molar-refractivity contribution in [3.63, 3.8) is 0 Å². The molecule has 1 aromatic carbocycles. The summed E-state index contributed by atoms with van der Waals surface area (Å²) in [4.78, 5) is 0. The van der Waals surface area contributed by atoms with Gasteiger partial charge in [-0.3, -0.25) is 0 Å². The molecular formula is C13H14BrNO. The van der Waals surface area contributed by atoms with Crippen LogP contribution in [0.5, 0.6) is 5.75 Å². The average molecular weight is 280 g/mol. The van der Waals surface area contributed by atoms with Crippen molar-refractivity contribution >= 4 is 22.0 Å². The predicted molar refractivity (Wildman–Crippen MR) is 69.2 cm³/mol. The van der Waals surface area contributed by atoms with E-state index in [1.165, 1.54) is 6.08 Å². The van der Waals surface area contributed by atoms with Crippen LogP contribution in [-0.4, -0.2) is 5.60 Å². The first kappa shape index (κ1) is 12.8. The number of allylic oxidation sites excluding steroid dienone is 1. The molecule has 0 aliphatic heterocycles. The largest absolute Gasteiger partial charge is 0.488 e. The van der Waals surface area contributed by atoms with Gasteiger partial charge in [-0.1, -0.05) is 15.9 Å². The molecule has 0 fully saturated rings. The topological polar surface area (TPSA) is 33.0 Å². The molecule has 0 aromatic heterocycles. The van der Waals surface area contributed by atoms with E-state index in [4.69, 9.17) is 10.00 Å². The first-order chi connectivity index (χ1) is 7.40. The summed E-state index contributed by atoms with van der Waals surface area (Å²) in [6.07, 6.45) is 3.20. The highest BCUT2D eigenvalue weighted by Crippen LogP contribution is 2.25. The number of hydrogen-bond acceptors (Lipinski definition) is 2. The first-order valence-electron chi connectivity index (χ1n) is 4.96. The van der Waals surface area contributed by atoms with Crippen molar-refractivity contribution in [2.24, 2.45) is 0 Å². The number of ether oxygens (including phenoxy) is 1. The molecule has 16 heavy (non-hydrogen) atoms. The third kappa shape index (κ3) is 4.50. The van der Waals surface area contributed by atoms with Crippen LogP contribution in [0.2, 0.25) is 0 Å². The smallest absolute Gasteiger partial charge is 0.121 e. The van der Waals surface area contributed by atoms with Gasteiger partial charge in [0.25, 0.3) is 0 Å². The summed E-state index contributed by atoms with van der Waals surface area (Å²) in [6, 6.07) is 7.72. The minimum atomic E-state index is -0.225. The van der Waals surface area contributed by atoms with Gasteiger partial charge in [-0.2, -0.15) is 5.26 Å². The highest BCUT2D eigenvalue weighted by atomic mass is 79.9. The molecule has 1 rings (SSSR count). The van der Waals surface area contributed by atoms with E-state index in [1.54, 1.807) is 6.08 Å². The minimum Gasteiger partial charge on any atom is -0.488 e. The molecule has 0 heterocycles. The van der Waals surface area contributed by atoms with Gasteiger partial charge in [-0.15, -0.1) is 0 Å². The molecule has 0 radical (unpaired) electrons. The Morgan fingerprint density at radius 1 is 1.31 bits per heavy atom. The first-order valence-corrected chi connectivity index (χ1v) is 5.76. The number of rotatable bonds is 2. The summed E-state index contributed by atoms with van der Waals surface area (Å²) in [5.41, 5.74) is 0.715. The van der Waals surface area contributed by atoms with Gasteiger partial charge >= 0.3 is 0 Å². The van der Waals surface area contributed by atoms with E-state index in [9.17, 15) is 0 Å². The molecule has 0 spiro atoms. The lowest BCUT2D eigenvalue weighted by Gasteiger charge is -2.21. The Balaban J connectivity index is 3.00. The standard InChI is InChI=1S/C13H14BrNO/c1-13(2,3)16-12-8-10(5-4-6-15)7-11(14)9-12/h4-5,7-9H,1-3H3/b5-4+. The van der Waals surface area contributed by atoms with Gasteiger partial charge in [0, 0.05) is 10.5 Å². The van der Waals surface area contributed by atoms with Gasteiger partial charge in [0.1, 0.15) is 11.4 Å². The fourth-order valence-corrected chi connectivity index (χ4v) is 1.72. The van der Waals surface area contributed by atoms with Crippen LogP contribution in [0.4, 0.5) is 0 Å². The Bertz CT molecular complexity index is 438. The molecule has 0 saturated carbocycles. The second-order valence-corrected chi connectivity index (χ2v) is 5.31. The van der Waals surface area contributed by atoms with E-state index in [1.807, 2.05) is 45.0 Å². The summed E-state index contributed by atoms with van der Waals surface area (Å²) in [5.74, 6) is 0.791. The van der Waals surface area contributed by atoms with E-state index in [-0.39, 0.29) is 5.60 Å². The molecule has 3 heteroatoms. The molecule has 84 valence electrons. The molecule has 0 amide bonds. The molecule has 0 unspecified atom stereocenters. The van der Waals surface area contributed by atoms with Crippen LogP contribution in [-0.2, 0) is 0 Å². The average Bonchev–Trinajstić information content (AvgIpc) is 2.10. The number of nitrogens with zero attached hydrogens (tertiary/aromatic N) is 1. The Morgan fingerprint density at radius 2 is 2.00 bits per heavy atom. The highest BCUT2D eigenvalue weighted by Gasteiger charge is 2.12. The van der Waals surface area contributed by atoms with Crippen molar-refractivity contribution < 1.29 is 4.74 Å². The van der Waals surface area contributed by atoms with Crippen LogP contribution >= 0.6 is 15.9 Å². The summed E-state index contributed by atoms with van der Waals surface area (Å²) >= 11 is 3.42. The van der Waals surface area contributed by atoms with Gasteiger partial charge in [-0.05, 0) is 50.6 Å². The maximum atomic E-state index is 8.47. The lowest BCUT2D eigenvalue weighted by Crippen LogP contribution is -2.22. The number of hydrogen-bond donors (Lipinski definition) is 0. The zero-order valence-electron chi connectivity index (χ0n) is 9.62. The molecule has 0 aliphatic carbocycles. The third-order valence-electron chi connectivity index (χ3n) is 1.67. The fraction of sp³-hybridized carbons (Fsp3) is 0.308. The number of halogens is 1. The summed E-state index contributed by atoms with van der Waals surface area (Å²) in [7, 11) is 0. The Kier molecular flexibility index (Phi) is 4.14. The van der Waals surface area contributed by atoms with Crippen molar-refractivity contribution in [3.8, 4) is 11.8 Å². The fourth-order valence-electron chi connectivity index (χ4n) is 1.23. The molecule has 1 aromatic rings. The van der Waals surface area contributed by atoms with Crippen molar-refractivity contribution in [2.75, 3.05) is 0 Å². The van der Waals surface area contributed by atoms with E-state index >= 15 is 0 Å². The number of nitriles is 1. The van der Waals surface area contributed by atoms with Crippen LogP contribution in [0.3, 0.4) is 0 Å². The minimum absolute atomic E-state index is 0.225. The second-order valence-electron chi connectivity index (χ2n) is 4.40. The monoisotopic (exact) mass is 279 g/mol. The van der Waals surface area contributed by atoms with Crippen LogP contribution in [0.1, 0.15) is 26.3 Å². The maximum absolute atomic E-state index is 8.47. The Morgan fingerprint density at radius 3 is 2.56 bits per heavy atom.